The monoisotopic (exact) mass is 243 g/mol. The van der Waals surface area contributed by atoms with Gasteiger partial charge in [-0.25, -0.2) is 0 Å². The van der Waals surface area contributed by atoms with Gasteiger partial charge in [0.2, 0.25) is 5.91 Å². The van der Waals surface area contributed by atoms with Crippen molar-refractivity contribution >= 4 is 17.2 Å². The average molecular weight is 243 g/mol. The number of amides is 1. The van der Waals surface area contributed by atoms with Gasteiger partial charge in [0.25, 0.3) is 0 Å². The van der Waals surface area contributed by atoms with Crippen molar-refractivity contribution in [2.45, 2.75) is 12.6 Å². The van der Waals surface area contributed by atoms with Crippen LogP contribution in [0.25, 0.3) is 0 Å². The van der Waals surface area contributed by atoms with E-state index in [0.717, 1.165) is 17.0 Å². The van der Waals surface area contributed by atoms with Crippen LogP contribution in [0.4, 0.5) is 0 Å². The molecule has 0 aliphatic carbocycles. The molecule has 1 amide bonds. The molecule has 7 heteroatoms. The molecular formula is C9H13N3O3S. The number of ether oxygens (including phenoxy) is 1. The summed E-state index contributed by atoms with van der Waals surface area (Å²) in [6.45, 7) is 2.07. The summed E-state index contributed by atoms with van der Waals surface area (Å²) in [5.41, 5.74) is 0.722. The number of thiazole rings is 1. The molecule has 0 spiro atoms. The van der Waals surface area contributed by atoms with Crippen molar-refractivity contribution in [2.75, 3.05) is 19.8 Å². The van der Waals surface area contributed by atoms with E-state index in [4.69, 9.17) is 4.74 Å². The molecule has 1 aliphatic rings. The number of nitrogens with one attached hydrogen (secondary N) is 3. The maximum Gasteiger partial charge on any atom is 0.304 e. The number of carbonyl (C=O) groups excluding carboxylic acids is 1. The van der Waals surface area contributed by atoms with Gasteiger partial charge in [-0.1, -0.05) is 11.3 Å². The van der Waals surface area contributed by atoms with E-state index in [1.165, 1.54) is 0 Å². The fraction of sp³-hybridized carbons (Fsp3) is 0.556. The van der Waals surface area contributed by atoms with Crippen LogP contribution in [0.5, 0.6) is 0 Å². The van der Waals surface area contributed by atoms with E-state index in [1.807, 2.05) is 0 Å². The Labute approximate surface area is 96.0 Å². The molecular weight excluding hydrogens is 230 g/mol. The Hall–Kier alpha value is -1.18. The van der Waals surface area contributed by atoms with Crippen molar-refractivity contribution in [1.29, 1.82) is 0 Å². The molecule has 6 nitrogen and oxygen atoms in total. The maximum atomic E-state index is 11.6. The molecule has 0 aromatic carbocycles. The fourth-order valence-corrected chi connectivity index (χ4v) is 2.02. The van der Waals surface area contributed by atoms with Crippen LogP contribution >= 0.6 is 11.3 Å². The normalized spacial score (nSPS) is 20.6. The Kier molecular flexibility index (Phi) is 3.70. The summed E-state index contributed by atoms with van der Waals surface area (Å²) >= 11 is 1.09. The number of aromatic amines is 1. The number of hydrogen-bond donors (Lipinski definition) is 3. The van der Waals surface area contributed by atoms with E-state index in [0.29, 0.717) is 26.3 Å². The fourth-order valence-electron chi connectivity index (χ4n) is 1.44. The number of rotatable bonds is 3. The van der Waals surface area contributed by atoms with Gasteiger partial charge in [-0.15, -0.1) is 0 Å². The van der Waals surface area contributed by atoms with Gasteiger partial charge in [0, 0.05) is 17.6 Å². The Morgan fingerprint density at radius 1 is 1.69 bits per heavy atom. The highest BCUT2D eigenvalue weighted by molar-refractivity contribution is 7.07. The summed E-state index contributed by atoms with van der Waals surface area (Å²) in [7, 11) is 0. The molecule has 16 heavy (non-hydrogen) atoms. The van der Waals surface area contributed by atoms with Crippen LogP contribution in [0.1, 0.15) is 5.69 Å². The molecule has 2 heterocycles. The molecule has 1 aliphatic heterocycles. The number of carbonyl (C=O) groups is 1. The lowest BCUT2D eigenvalue weighted by atomic mass is 10.2. The minimum Gasteiger partial charge on any atom is -0.378 e. The van der Waals surface area contributed by atoms with Crippen molar-refractivity contribution in [1.82, 2.24) is 15.6 Å². The van der Waals surface area contributed by atoms with Gasteiger partial charge in [-0.05, 0) is 0 Å². The lowest BCUT2D eigenvalue weighted by Crippen LogP contribution is -2.51. The zero-order chi connectivity index (χ0) is 11.4. The third kappa shape index (κ3) is 2.91. The molecule has 1 atom stereocenters. The first kappa shape index (κ1) is 11.3. The average Bonchev–Trinajstić information content (AvgIpc) is 2.73. The Balaban J connectivity index is 1.81. The molecule has 1 aromatic heterocycles. The highest BCUT2D eigenvalue weighted by atomic mass is 32.1. The zero-order valence-electron chi connectivity index (χ0n) is 8.62. The molecule has 0 saturated carbocycles. The number of H-pyrrole nitrogens is 1. The number of morpholine rings is 1. The van der Waals surface area contributed by atoms with Crippen molar-refractivity contribution in [3.8, 4) is 0 Å². The molecule has 1 saturated heterocycles. The lowest BCUT2D eigenvalue weighted by Gasteiger charge is -2.22. The van der Waals surface area contributed by atoms with Crippen LogP contribution in [0, 0.1) is 0 Å². The van der Waals surface area contributed by atoms with Gasteiger partial charge < -0.3 is 20.4 Å². The van der Waals surface area contributed by atoms with Crippen molar-refractivity contribution < 1.29 is 9.53 Å². The SMILES string of the molecule is O=C(NCc1csc(=O)[nH]1)C1COCCN1. The topological polar surface area (TPSA) is 83.2 Å². The molecule has 3 N–H and O–H groups in total. The molecule has 0 radical (unpaired) electrons. The van der Waals surface area contributed by atoms with Crippen molar-refractivity contribution in [3.63, 3.8) is 0 Å². The van der Waals surface area contributed by atoms with Crippen LogP contribution in [-0.2, 0) is 16.1 Å². The van der Waals surface area contributed by atoms with Gasteiger partial charge in [0.1, 0.15) is 6.04 Å². The van der Waals surface area contributed by atoms with Crippen molar-refractivity contribution in [2.24, 2.45) is 0 Å². The van der Waals surface area contributed by atoms with Crippen LogP contribution in [0.2, 0.25) is 0 Å². The van der Waals surface area contributed by atoms with Crippen LogP contribution < -0.4 is 15.5 Å². The number of aromatic nitrogens is 1. The molecule has 1 fully saturated rings. The van der Waals surface area contributed by atoms with E-state index in [1.54, 1.807) is 5.38 Å². The maximum absolute atomic E-state index is 11.6. The van der Waals surface area contributed by atoms with E-state index in [-0.39, 0.29) is 16.8 Å². The van der Waals surface area contributed by atoms with E-state index in [2.05, 4.69) is 15.6 Å². The predicted molar refractivity (Wildman–Crippen MR) is 59.4 cm³/mol. The molecule has 2 rings (SSSR count). The third-order valence-electron chi connectivity index (χ3n) is 2.26. The Bertz CT molecular complexity index is 408. The molecule has 0 bridgehead atoms. The van der Waals surface area contributed by atoms with Gasteiger partial charge in [0.15, 0.2) is 0 Å². The van der Waals surface area contributed by atoms with Crippen molar-refractivity contribution in [3.05, 3.63) is 20.7 Å². The third-order valence-corrected chi connectivity index (χ3v) is 2.98. The first-order valence-electron chi connectivity index (χ1n) is 5.01. The standard InChI is InChI=1S/C9H13N3O3S/c13-8(7-4-15-2-1-10-7)11-3-6-5-16-9(14)12-6/h5,7,10H,1-4H2,(H,11,13)(H,12,14). The smallest absolute Gasteiger partial charge is 0.304 e. The minimum atomic E-state index is -0.292. The van der Waals surface area contributed by atoms with E-state index >= 15 is 0 Å². The molecule has 1 aromatic rings. The summed E-state index contributed by atoms with van der Waals surface area (Å²) in [6.07, 6.45) is 0. The van der Waals surface area contributed by atoms with Crippen LogP contribution in [0.15, 0.2) is 10.2 Å². The van der Waals surface area contributed by atoms with Gasteiger partial charge in [-0.2, -0.15) is 0 Å². The highest BCUT2D eigenvalue weighted by Gasteiger charge is 2.20. The van der Waals surface area contributed by atoms with E-state index < -0.39 is 0 Å². The van der Waals surface area contributed by atoms with Gasteiger partial charge in [-0.3, -0.25) is 9.59 Å². The second-order valence-corrected chi connectivity index (χ2v) is 4.32. The Morgan fingerprint density at radius 3 is 3.19 bits per heavy atom. The largest absolute Gasteiger partial charge is 0.378 e. The molecule has 88 valence electrons. The van der Waals surface area contributed by atoms with Crippen LogP contribution in [-0.4, -0.2) is 36.7 Å². The predicted octanol–water partition coefficient (Wildman–Crippen LogP) is -0.959. The summed E-state index contributed by atoms with van der Waals surface area (Å²) in [4.78, 5) is 25.0. The quantitative estimate of drug-likeness (QED) is 0.638. The Morgan fingerprint density at radius 2 is 2.56 bits per heavy atom. The number of hydrogen-bond acceptors (Lipinski definition) is 5. The van der Waals surface area contributed by atoms with Crippen LogP contribution in [0.3, 0.4) is 0 Å². The summed E-state index contributed by atoms with van der Waals surface area (Å²) < 4.78 is 5.18. The first-order valence-corrected chi connectivity index (χ1v) is 5.89. The minimum absolute atomic E-state index is 0.105. The summed E-state index contributed by atoms with van der Waals surface area (Å²) in [5, 5.41) is 7.49. The first-order chi connectivity index (χ1) is 7.75. The second-order valence-electron chi connectivity index (χ2n) is 3.47. The van der Waals surface area contributed by atoms with Gasteiger partial charge in [0.05, 0.1) is 19.8 Å². The molecule has 1 unspecified atom stereocenters. The zero-order valence-corrected chi connectivity index (χ0v) is 9.43. The van der Waals surface area contributed by atoms with Gasteiger partial charge >= 0.3 is 4.87 Å². The van der Waals surface area contributed by atoms with E-state index in [9.17, 15) is 9.59 Å². The summed E-state index contributed by atoms with van der Waals surface area (Å²) in [6, 6.07) is -0.292. The highest BCUT2D eigenvalue weighted by Crippen LogP contribution is 1.97. The second kappa shape index (κ2) is 5.24. The summed E-state index contributed by atoms with van der Waals surface area (Å²) in [5.74, 6) is -0.105. The lowest BCUT2D eigenvalue weighted by molar-refractivity contribution is -0.126.